The molecule has 0 saturated heterocycles. The minimum atomic E-state index is 0.467. The molecule has 1 aromatic carbocycles. The molecule has 0 aliphatic heterocycles. The van der Waals surface area contributed by atoms with Gasteiger partial charge in [-0.1, -0.05) is 18.5 Å². The number of hydrogen-bond acceptors (Lipinski definition) is 4. The molecular formula is C16H19ClN2O2. The Hall–Kier alpha value is -1.78. The van der Waals surface area contributed by atoms with Crippen molar-refractivity contribution in [3.63, 3.8) is 0 Å². The van der Waals surface area contributed by atoms with Crippen LogP contribution in [0.15, 0.2) is 30.6 Å². The number of hydrogen-bond donors (Lipinski definition) is 1. The van der Waals surface area contributed by atoms with Crippen molar-refractivity contribution in [3.8, 4) is 22.6 Å². The summed E-state index contributed by atoms with van der Waals surface area (Å²) in [6, 6.07) is 5.84. The fourth-order valence-electron chi connectivity index (χ4n) is 2.12. The first-order chi connectivity index (χ1) is 10.2. The molecule has 0 saturated carbocycles. The first kappa shape index (κ1) is 15.6. The molecule has 0 aliphatic carbocycles. The summed E-state index contributed by atoms with van der Waals surface area (Å²) >= 11 is 6.30. The molecule has 0 fully saturated rings. The van der Waals surface area contributed by atoms with Crippen LogP contribution >= 0.6 is 11.6 Å². The molecular weight excluding hydrogens is 288 g/mol. The summed E-state index contributed by atoms with van der Waals surface area (Å²) in [6.45, 7) is 3.77. The topological polar surface area (TPSA) is 43.4 Å². The van der Waals surface area contributed by atoms with Crippen LogP contribution in [-0.4, -0.2) is 25.7 Å². The number of rotatable bonds is 6. The number of benzene rings is 1. The van der Waals surface area contributed by atoms with Gasteiger partial charge in [0.1, 0.15) is 16.5 Å². The molecule has 0 radical (unpaired) electrons. The van der Waals surface area contributed by atoms with Gasteiger partial charge in [0.05, 0.1) is 14.2 Å². The van der Waals surface area contributed by atoms with Gasteiger partial charge in [0, 0.05) is 30.1 Å². The standard InChI is InChI=1S/C16H19ClN2O2/c1-4-18-8-11-7-12(10-19-9-11)13-5-6-14(20-2)15(17)16(13)21-3/h5-7,9-10,18H,4,8H2,1-3H3. The lowest BCUT2D eigenvalue weighted by molar-refractivity contribution is 0.396. The molecule has 0 unspecified atom stereocenters. The van der Waals surface area contributed by atoms with Crippen LogP contribution in [-0.2, 0) is 6.54 Å². The van der Waals surface area contributed by atoms with E-state index in [1.54, 1.807) is 20.4 Å². The molecule has 5 heteroatoms. The van der Waals surface area contributed by atoms with Crippen molar-refractivity contribution in [2.75, 3.05) is 20.8 Å². The highest BCUT2D eigenvalue weighted by Crippen LogP contribution is 2.41. The highest BCUT2D eigenvalue weighted by molar-refractivity contribution is 6.34. The zero-order valence-corrected chi connectivity index (χ0v) is 13.2. The van der Waals surface area contributed by atoms with Crippen LogP contribution in [0.1, 0.15) is 12.5 Å². The highest BCUT2D eigenvalue weighted by atomic mass is 35.5. The van der Waals surface area contributed by atoms with Crippen LogP contribution < -0.4 is 14.8 Å². The lowest BCUT2D eigenvalue weighted by Crippen LogP contribution is -2.11. The van der Waals surface area contributed by atoms with E-state index in [0.29, 0.717) is 16.5 Å². The molecule has 1 N–H and O–H groups in total. The fraction of sp³-hybridized carbons (Fsp3) is 0.312. The largest absolute Gasteiger partial charge is 0.495 e. The minimum Gasteiger partial charge on any atom is -0.495 e. The average Bonchev–Trinajstić information content (AvgIpc) is 2.52. The first-order valence-corrected chi connectivity index (χ1v) is 7.14. The number of nitrogens with zero attached hydrogens (tertiary/aromatic N) is 1. The maximum absolute atomic E-state index is 6.30. The number of pyridine rings is 1. The molecule has 1 heterocycles. The molecule has 112 valence electrons. The summed E-state index contributed by atoms with van der Waals surface area (Å²) in [6.07, 6.45) is 3.65. The summed E-state index contributed by atoms with van der Waals surface area (Å²) in [4.78, 5) is 4.29. The van der Waals surface area contributed by atoms with Gasteiger partial charge in [-0.2, -0.15) is 0 Å². The van der Waals surface area contributed by atoms with E-state index < -0.39 is 0 Å². The van der Waals surface area contributed by atoms with Crippen LogP contribution in [0.25, 0.3) is 11.1 Å². The van der Waals surface area contributed by atoms with E-state index >= 15 is 0 Å². The molecule has 0 amide bonds. The molecule has 1 aromatic heterocycles. The van der Waals surface area contributed by atoms with E-state index in [4.69, 9.17) is 21.1 Å². The number of halogens is 1. The smallest absolute Gasteiger partial charge is 0.149 e. The fourth-order valence-corrected chi connectivity index (χ4v) is 2.44. The van der Waals surface area contributed by atoms with Crippen molar-refractivity contribution >= 4 is 11.6 Å². The lowest BCUT2D eigenvalue weighted by atomic mass is 10.0. The Morgan fingerprint density at radius 3 is 2.67 bits per heavy atom. The second kappa shape index (κ2) is 7.29. The SMILES string of the molecule is CCNCc1cncc(-c2ccc(OC)c(Cl)c2OC)c1. The van der Waals surface area contributed by atoms with Gasteiger partial charge in [0.15, 0.2) is 0 Å². The molecule has 0 spiro atoms. The number of methoxy groups -OCH3 is 2. The summed E-state index contributed by atoms with van der Waals surface area (Å²) in [5.41, 5.74) is 2.98. The van der Waals surface area contributed by atoms with Crippen LogP contribution in [0, 0.1) is 0 Å². The Labute approximate surface area is 130 Å². The Morgan fingerprint density at radius 1 is 1.19 bits per heavy atom. The van der Waals surface area contributed by atoms with Crippen molar-refractivity contribution in [2.45, 2.75) is 13.5 Å². The molecule has 0 aliphatic rings. The van der Waals surface area contributed by atoms with Gasteiger partial charge in [0.25, 0.3) is 0 Å². The Balaban J connectivity index is 2.44. The number of aromatic nitrogens is 1. The Kier molecular flexibility index (Phi) is 5.42. The summed E-state index contributed by atoms with van der Waals surface area (Å²) < 4.78 is 10.7. The Morgan fingerprint density at radius 2 is 2.00 bits per heavy atom. The highest BCUT2D eigenvalue weighted by Gasteiger charge is 2.15. The monoisotopic (exact) mass is 306 g/mol. The molecule has 21 heavy (non-hydrogen) atoms. The zero-order chi connectivity index (χ0) is 15.2. The van der Waals surface area contributed by atoms with Gasteiger partial charge in [-0.05, 0) is 30.3 Å². The van der Waals surface area contributed by atoms with E-state index in [0.717, 1.165) is 29.8 Å². The van der Waals surface area contributed by atoms with E-state index in [2.05, 4.69) is 23.3 Å². The third kappa shape index (κ3) is 3.46. The summed E-state index contributed by atoms with van der Waals surface area (Å²) in [7, 11) is 3.18. The maximum atomic E-state index is 6.30. The number of ether oxygens (including phenoxy) is 2. The van der Waals surface area contributed by atoms with Gasteiger partial charge >= 0.3 is 0 Å². The quantitative estimate of drug-likeness (QED) is 0.886. The van der Waals surface area contributed by atoms with Gasteiger partial charge in [-0.3, -0.25) is 4.98 Å². The van der Waals surface area contributed by atoms with Crippen molar-refractivity contribution in [1.29, 1.82) is 0 Å². The van der Waals surface area contributed by atoms with Crippen LogP contribution in [0.5, 0.6) is 11.5 Å². The van der Waals surface area contributed by atoms with Crippen LogP contribution in [0.3, 0.4) is 0 Å². The zero-order valence-electron chi connectivity index (χ0n) is 12.4. The van der Waals surface area contributed by atoms with Crippen LogP contribution in [0.4, 0.5) is 0 Å². The second-order valence-electron chi connectivity index (χ2n) is 4.52. The van der Waals surface area contributed by atoms with Crippen molar-refractivity contribution in [3.05, 3.63) is 41.2 Å². The molecule has 0 bridgehead atoms. The predicted octanol–water partition coefficient (Wildman–Crippen LogP) is 3.53. The van der Waals surface area contributed by atoms with E-state index in [-0.39, 0.29) is 0 Å². The van der Waals surface area contributed by atoms with Crippen molar-refractivity contribution in [2.24, 2.45) is 0 Å². The summed E-state index contributed by atoms with van der Waals surface area (Å²) in [5.74, 6) is 1.19. The van der Waals surface area contributed by atoms with Gasteiger partial charge < -0.3 is 14.8 Å². The van der Waals surface area contributed by atoms with E-state index in [1.165, 1.54) is 0 Å². The minimum absolute atomic E-state index is 0.467. The van der Waals surface area contributed by atoms with Gasteiger partial charge in [-0.15, -0.1) is 0 Å². The predicted molar refractivity (Wildman–Crippen MR) is 85.2 cm³/mol. The second-order valence-corrected chi connectivity index (χ2v) is 4.90. The first-order valence-electron chi connectivity index (χ1n) is 6.76. The third-order valence-corrected chi connectivity index (χ3v) is 3.53. The maximum Gasteiger partial charge on any atom is 0.149 e. The van der Waals surface area contributed by atoms with Gasteiger partial charge in [0.2, 0.25) is 0 Å². The molecule has 2 rings (SSSR count). The van der Waals surface area contributed by atoms with Crippen LogP contribution in [0.2, 0.25) is 5.02 Å². The van der Waals surface area contributed by atoms with Gasteiger partial charge in [-0.25, -0.2) is 0 Å². The molecule has 4 nitrogen and oxygen atoms in total. The summed E-state index contributed by atoms with van der Waals surface area (Å²) in [5, 5.41) is 3.75. The normalized spacial score (nSPS) is 10.5. The lowest BCUT2D eigenvalue weighted by Gasteiger charge is -2.13. The average molecular weight is 307 g/mol. The van der Waals surface area contributed by atoms with Crippen molar-refractivity contribution < 1.29 is 9.47 Å². The number of nitrogens with one attached hydrogen (secondary N) is 1. The molecule has 0 atom stereocenters. The van der Waals surface area contributed by atoms with E-state index in [1.807, 2.05) is 18.3 Å². The molecule has 2 aromatic rings. The Bertz CT molecular complexity index is 617. The third-order valence-electron chi connectivity index (χ3n) is 3.17. The van der Waals surface area contributed by atoms with E-state index in [9.17, 15) is 0 Å². The van der Waals surface area contributed by atoms with Crippen molar-refractivity contribution in [1.82, 2.24) is 10.3 Å².